The lowest BCUT2D eigenvalue weighted by atomic mass is 10.1. The summed E-state index contributed by atoms with van der Waals surface area (Å²) < 4.78 is 24.7. The standard InChI is InChI=1S/C7H15O7P/c1-4-6(8)7(9)5(14-4)3-13-15(10,11)12-2/h4-9H,3H2,1-2H3,(H,10,11). The highest BCUT2D eigenvalue weighted by molar-refractivity contribution is 7.47. The monoisotopic (exact) mass is 242 g/mol. The number of phosphoric ester groups is 1. The average molecular weight is 242 g/mol. The van der Waals surface area contributed by atoms with Crippen LogP contribution in [0.2, 0.25) is 0 Å². The predicted octanol–water partition coefficient (Wildman–Crippen LogP) is -0.741. The Bertz CT molecular complexity index is 258. The normalized spacial score (nSPS) is 40.3. The maximum Gasteiger partial charge on any atom is 0.472 e. The van der Waals surface area contributed by atoms with Crippen LogP contribution in [-0.2, 0) is 18.3 Å². The van der Waals surface area contributed by atoms with Crippen LogP contribution >= 0.6 is 7.82 Å². The minimum Gasteiger partial charge on any atom is -0.388 e. The molecular formula is C7H15O7P. The molecule has 0 aromatic heterocycles. The average Bonchev–Trinajstić information content (AvgIpc) is 2.43. The molecule has 1 heterocycles. The highest BCUT2D eigenvalue weighted by atomic mass is 31.2. The molecule has 15 heavy (non-hydrogen) atoms. The minimum absolute atomic E-state index is 0.315. The minimum atomic E-state index is -4.06. The Kier molecular flexibility index (Phi) is 4.25. The van der Waals surface area contributed by atoms with Crippen molar-refractivity contribution in [1.29, 1.82) is 0 Å². The van der Waals surface area contributed by atoms with Crippen LogP contribution in [0.1, 0.15) is 6.92 Å². The zero-order valence-electron chi connectivity index (χ0n) is 8.44. The van der Waals surface area contributed by atoms with Crippen molar-refractivity contribution in [2.75, 3.05) is 13.7 Å². The van der Waals surface area contributed by atoms with E-state index >= 15 is 0 Å². The van der Waals surface area contributed by atoms with E-state index in [1.807, 2.05) is 0 Å². The Labute approximate surface area is 87.2 Å². The molecule has 3 N–H and O–H groups in total. The van der Waals surface area contributed by atoms with Crippen molar-refractivity contribution >= 4 is 7.82 Å². The first-order valence-electron chi connectivity index (χ1n) is 4.42. The number of hydrogen-bond acceptors (Lipinski definition) is 6. The first kappa shape index (κ1) is 13.1. The molecule has 1 saturated heterocycles. The molecule has 0 bridgehead atoms. The number of aliphatic hydroxyl groups is 2. The highest BCUT2D eigenvalue weighted by Gasteiger charge is 2.41. The summed E-state index contributed by atoms with van der Waals surface area (Å²) in [5.74, 6) is 0. The van der Waals surface area contributed by atoms with Gasteiger partial charge in [-0.3, -0.25) is 9.05 Å². The van der Waals surface area contributed by atoms with E-state index < -0.39 is 32.2 Å². The Morgan fingerprint density at radius 1 is 1.40 bits per heavy atom. The largest absolute Gasteiger partial charge is 0.472 e. The molecule has 0 amide bonds. The van der Waals surface area contributed by atoms with E-state index in [1.165, 1.54) is 0 Å². The van der Waals surface area contributed by atoms with Crippen molar-refractivity contribution in [2.24, 2.45) is 0 Å². The molecule has 0 saturated carbocycles. The molecule has 1 rings (SSSR count). The molecule has 5 atom stereocenters. The molecule has 0 aliphatic carbocycles. The van der Waals surface area contributed by atoms with Gasteiger partial charge < -0.3 is 19.8 Å². The summed E-state index contributed by atoms with van der Waals surface area (Å²) in [4.78, 5) is 8.91. The van der Waals surface area contributed by atoms with E-state index in [0.717, 1.165) is 7.11 Å². The van der Waals surface area contributed by atoms with Gasteiger partial charge in [-0.1, -0.05) is 0 Å². The first-order chi connectivity index (χ1) is 6.87. The number of phosphoric acid groups is 1. The van der Waals surface area contributed by atoms with Gasteiger partial charge in [-0.2, -0.15) is 0 Å². The second-order valence-corrected chi connectivity index (χ2v) is 4.87. The van der Waals surface area contributed by atoms with Crippen LogP contribution in [0.5, 0.6) is 0 Å². The maximum atomic E-state index is 10.9. The van der Waals surface area contributed by atoms with Gasteiger partial charge in [0.05, 0.1) is 12.7 Å². The fraction of sp³-hybridized carbons (Fsp3) is 1.00. The van der Waals surface area contributed by atoms with Gasteiger partial charge in [0.2, 0.25) is 0 Å². The number of rotatable bonds is 4. The predicted molar refractivity (Wildman–Crippen MR) is 49.1 cm³/mol. The molecule has 1 fully saturated rings. The Hall–Kier alpha value is -0.0100. The molecule has 0 aromatic carbocycles. The van der Waals surface area contributed by atoms with Crippen LogP contribution in [0.25, 0.3) is 0 Å². The third kappa shape index (κ3) is 3.22. The van der Waals surface area contributed by atoms with E-state index in [9.17, 15) is 14.8 Å². The Morgan fingerprint density at radius 2 is 2.00 bits per heavy atom. The van der Waals surface area contributed by atoms with Crippen LogP contribution in [0.15, 0.2) is 0 Å². The molecule has 0 radical (unpaired) electrons. The van der Waals surface area contributed by atoms with Crippen LogP contribution in [0.3, 0.4) is 0 Å². The molecule has 5 unspecified atom stereocenters. The number of ether oxygens (including phenoxy) is 1. The number of hydrogen-bond donors (Lipinski definition) is 3. The van der Waals surface area contributed by atoms with Crippen molar-refractivity contribution < 1.29 is 33.5 Å². The van der Waals surface area contributed by atoms with Crippen molar-refractivity contribution in [1.82, 2.24) is 0 Å². The van der Waals surface area contributed by atoms with Gasteiger partial charge in [-0.05, 0) is 6.92 Å². The first-order valence-corrected chi connectivity index (χ1v) is 5.91. The molecule has 0 aromatic rings. The van der Waals surface area contributed by atoms with Crippen molar-refractivity contribution in [2.45, 2.75) is 31.3 Å². The van der Waals surface area contributed by atoms with Gasteiger partial charge in [0.15, 0.2) is 0 Å². The summed E-state index contributed by atoms with van der Waals surface area (Å²) in [7, 11) is -3.03. The fourth-order valence-corrected chi connectivity index (χ4v) is 1.73. The van der Waals surface area contributed by atoms with Gasteiger partial charge in [0.25, 0.3) is 0 Å². The van der Waals surface area contributed by atoms with E-state index in [-0.39, 0.29) is 6.61 Å². The smallest absolute Gasteiger partial charge is 0.388 e. The molecular weight excluding hydrogens is 227 g/mol. The lowest BCUT2D eigenvalue weighted by Crippen LogP contribution is -2.33. The molecule has 90 valence electrons. The van der Waals surface area contributed by atoms with Gasteiger partial charge >= 0.3 is 7.82 Å². The summed E-state index contributed by atoms with van der Waals surface area (Å²) in [6.07, 6.45) is -3.50. The van der Waals surface area contributed by atoms with E-state index in [0.29, 0.717) is 0 Å². The second-order valence-electron chi connectivity index (χ2n) is 3.31. The molecule has 1 aliphatic heterocycles. The summed E-state index contributed by atoms with van der Waals surface area (Å²) in [6, 6.07) is 0. The lowest BCUT2D eigenvalue weighted by Gasteiger charge is -2.16. The molecule has 7 nitrogen and oxygen atoms in total. The second kappa shape index (κ2) is 4.88. The third-order valence-electron chi connectivity index (χ3n) is 2.23. The topological polar surface area (TPSA) is 105 Å². The van der Waals surface area contributed by atoms with E-state index in [2.05, 4.69) is 9.05 Å². The lowest BCUT2D eigenvalue weighted by molar-refractivity contribution is -0.0180. The number of aliphatic hydroxyl groups excluding tert-OH is 2. The zero-order chi connectivity index (χ0) is 11.6. The summed E-state index contributed by atoms with van der Waals surface area (Å²) in [6.45, 7) is 1.27. The van der Waals surface area contributed by atoms with Crippen LogP contribution in [-0.4, -0.2) is 53.2 Å². The Morgan fingerprint density at radius 3 is 2.40 bits per heavy atom. The van der Waals surface area contributed by atoms with Crippen LogP contribution in [0, 0.1) is 0 Å². The summed E-state index contributed by atoms with van der Waals surface area (Å²) >= 11 is 0. The summed E-state index contributed by atoms with van der Waals surface area (Å²) in [5.41, 5.74) is 0. The van der Waals surface area contributed by atoms with Crippen LogP contribution < -0.4 is 0 Å². The van der Waals surface area contributed by atoms with Crippen LogP contribution in [0.4, 0.5) is 0 Å². The SMILES string of the molecule is COP(=O)(O)OCC1OC(C)C(O)C1O. The summed E-state index contributed by atoms with van der Waals surface area (Å²) in [5, 5.41) is 18.8. The maximum absolute atomic E-state index is 10.9. The van der Waals surface area contributed by atoms with Crippen molar-refractivity contribution in [3.8, 4) is 0 Å². The van der Waals surface area contributed by atoms with Gasteiger partial charge in [-0.25, -0.2) is 4.57 Å². The van der Waals surface area contributed by atoms with Gasteiger partial charge in [0, 0.05) is 7.11 Å². The zero-order valence-corrected chi connectivity index (χ0v) is 9.33. The third-order valence-corrected chi connectivity index (χ3v) is 3.17. The van der Waals surface area contributed by atoms with Crippen molar-refractivity contribution in [3.63, 3.8) is 0 Å². The quantitative estimate of drug-likeness (QED) is 0.557. The van der Waals surface area contributed by atoms with Gasteiger partial charge in [0.1, 0.15) is 18.3 Å². The molecule has 8 heteroatoms. The van der Waals surface area contributed by atoms with Gasteiger partial charge in [-0.15, -0.1) is 0 Å². The molecule has 1 aliphatic rings. The Balaban J connectivity index is 2.44. The highest BCUT2D eigenvalue weighted by Crippen LogP contribution is 2.42. The van der Waals surface area contributed by atoms with Crippen molar-refractivity contribution in [3.05, 3.63) is 0 Å². The molecule has 0 spiro atoms. The van der Waals surface area contributed by atoms with E-state index in [1.54, 1.807) is 6.92 Å². The fourth-order valence-electron chi connectivity index (χ4n) is 1.29. The van der Waals surface area contributed by atoms with E-state index in [4.69, 9.17) is 9.63 Å².